The Kier molecular flexibility index (Phi) is 5.22. The standard InChI is InChI=1S/C15H23N3O2S/c1-10-9-11(2)18-14(17-10)21-8-6-12-5-4-7-15(12,16)13(19)20-3/h9,12H,4-8,16H2,1-3H3. The van der Waals surface area contributed by atoms with Crippen LogP contribution in [-0.2, 0) is 9.53 Å². The van der Waals surface area contributed by atoms with Crippen LogP contribution in [0.3, 0.4) is 0 Å². The van der Waals surface area contributed by atoms with E-state index in [1.165, 1.54) is 7.11 Å². The Labute approximate surface area is 130 Å². The minimum atomic E-state index is -0.807. The summed E-state index contributed by atoms with van der Waals surface area (Å²) in [5.74, 6) is 0.768. The van der Waals surface area contributed by atoms with E-state index >= 15 is 0 Å². The number of thioether (sulfide) groups is 1. The van der Waals surface area contributed by atoms with Gasteiger partial charge in [0.1, 0.15) is 5.54 Å². The van der Waals surface area contributed by atoms with Gasteiger partial charge < -0.3 is 10.5 Å². The number of esters is 1. The maximum Gasteiger partial charge on any atom is 0.326 e. The van der Waals surface area contributed by atoms with E-state index in [1.54, 1.807) is 11.8 Å². The van der Waals surface area contributed by atoms with Crippen molar-refractivity contribution in [1.82, 2.24) is 9.97 Å². The summed E-state index contributed by atoms with van der Waals surface area (Å²) in [5, 5.41) is 0.797. The fourth-order valence-electron chi connectivity index (χ4n) is 3.01. The molecule has 2 N–H and O–H groups in total. The minimum absolute atomic E-state index is 0.184. The van der Waals surface area contributed by atoms with Crippen molar-refractivity contribution in [1.29, 1.82) is 0 Å². The molecule has 0 bridgehead atoms. The highest BCUT2D eigenvalue weighted by molar-refractivity contribution is 7.99. The van der Waals surface area contributed by atoms with Crippen molar-refractivity contribution >= 4 is 17.7 Å². The monoisotopic (exact) mass is 309 g/mol. The van der Waals surface area contributed by atoms with Gasteiger partial charge in [0.05, 0.1) is 7.11 Å². The van der Waals surface area contributed by atoms with E-state index in [0.717, 1.165) is 48.0 Å². The van der Waals surface area contributed by atoms with Gasteiger partial charge in [-0.3, -0.25) is 4.79 Å². The molecule has 0 aromatic carbocycles. The third-order valence-electron chi connectivity index (χ3n) is 4.10. The van der Waals surface area contributed by atoms with E-state index < -0.39 is 5.54 Å². The maximum absolute atomic E-state index is 11.9. The predicted molar refractivity (Wildman–Crippen MR) is 83.1 cm³/mol. The number of hydrogen-bond donors (Lipinski definition) is 1. The van der Waals surface area contributed by atoms with Gasteiger partial charge in [-0.2, -0.15) is 0 Å². The average molecular weight is 309 g/mol. The molecule has 0 amide bonds. The van der Waals surface area contributed by atoms with Gasteiger partial charge in [-0.05, 0) is 45.1 Å². The number of aryl methyl sites for hydroxylation is 2. The topological polar surface area (TPSA) is 78.1 Å². The first-order chi connectivity index (χ1) is 9.95. The van der Waals surface area contributed by atoms with Crippen LogP contribution < -0.4 is 5.73 Å². The lowest BCUT2D eigenvalue weighted by atomic mass is 9.86. The van der Waals surface area contributed by atoms with Gasteiger partial charge >= 0.3 is 5.97 Å². The number of nitrogens with two attached hydrogens (primary N) is 1. The maximum atomic E-state index is 11.9. The molecule has 5 nitrogen and oxygen atoms in total. The second-order valence-electron chi connectivity index (χ2n) is 5.69. The molecule has 0 aliphatic heterocycles. The zero-order valence-corrected chi connectivity index (χ0v) is 13.7. The summed E-state index contributed by atoms with van der Waals surface area (Å²) in [5.41, 5.74) is 7.42. The van der Waals surface area contributed by atoms with Gasteiger partial charge in [0.25, 0.3) is 0 Å². The largest absolute Gasteiger partial charge is 0.468 e. The summed E-state index contributed by atoms with van der Waals surface area (Å²) in [6.45, 7) is 3.94. The van der Waals surface area contributed by atoms with E-state index in [9.17, 15) is 4.79 Å². The number of methoxy groups -OCH3 is 1. The third-order valence-corrected chi connectivity index (χ3v) is 4.98. The summed E-state index contributed by atoms with van der Waals surface area (Å²) in [6, 6.07) is 1.96. The van der Waals surface area contributed by atoms with Crippen LogP contribution in [0.5, 0.6) is 0 Å². The molecule has 0 radical (unpaired) electrons. The van der Waals surface area contributed by atoms with Crippen molar-refractivity contribution in [3.63, 3.8) is 0 Å². The van der Waals surface area contributed by atoms with Crippen LogP contribution in [0.2, 0.25) is 0 Å². The highest BCUT2D eigenvalue weighted by Crippen LogP contribution is 2.38. The molecule has 1 aromatic heterocycles. The number of carbonyl (C=O) groups is 1. The Morgan fingerprint density at radius 3 is 2.76 bits per heavy atom. The van der Waals surface area contributed by atoms with Crippen LogP contribution in [0, 0.1) is 19.8 Å². The molecule has 6 heteroatoms. The molecular weight excluding hydrogens is 286 g/mol. The fourth-order valence-corrected chi connectivity index (χ4v) is 4.02. The molecule has 2 atom stereocenters. The van der Waals surface area contributed by atoms with Crippen molar-refractivity contribution in [2.75, 3.05) is 12.9 Å². The highest BCUT2D eigenvalue weighted by atomic mass is 32.2. The summed E-state index contributed by atoms with van der Waals surface area (Å²) in [7, 11) is 1.41. The van der Waals surface area contributed by atoms with Crippen molar-refractivity contribution in [3.05, 3.63) is 17.5 Å². The van der Waals surface area contributed by atoms with Crippen LogP contribution in [0.15, 0.2) is 11.2 Å². The quantitative estimate of drug-likeness (QED) is 0.510. The van der Waals surface area contributed by atoms with E-state index in [4.69, 9.17) is 10.5 Å². The first-order valence-electron chi connectivity index (χ1n) is 7.28. The van der Waals surface area contributed by atoms with Gasteiger partial charge in [0.2, 0.25) is 0 Å². The van der Waals surface area contributed by atoms with Gasteiger partial charge in [-0.25, -0.2) is 9.97 Å². The predicted octanol–water partition coefficient (Wildman–Crippen LogP) is 2.25. The Morgan fingerprint density at radius 1 is 1.48 bits per heavy atom. The summed E-state index contributed by atoms with van der Waals surface area (Å²) >= 11 is 1.63. The molecule has 21 heavy (non-hydrogen) atoms. The average Bonchev–Trinajstić information content (AvgIpc) is 2.79. The molecule has 2 rings (SSSR count). The van der Waals surface area contributed by atoms with Crippen molar-refractivity contribution in [2.45, 2.75) is 50.2 Å². The molecule has 2 unspecified atom stereocenters. The molecule has 1 aliphatic carbocycles. The zero-order chi connectivity index (χ0) is 15.5. The normalized spacial score (nSPS) is 25.0. The lowest BCUT2D eigenvalue weighted by Gasteiger charge is -2.28. The van der Waals surface area contributed by atoms with Gasteiger partial charge in [0, 0.05) is 17.1 Å². The third kappa shape index (κ3) is 3.74. The number of ether oxygens (including phenoxy) is 1. The fraction of sp³-hybridized carbons (Fsp3) is 0.667. The number of rotatable bonds is 5. The van der Waals surface area contributed by atoms with E-state index in [2.05, 4.69) is 9.97 Å². The van der Waals surface area contributed by atoms with E-state index in [-0.39, 0.29) is 11.9 Å². The van der Waals surface area contributed by atoms with E-state index in [1.807, 2.05) is 19.9 Å². The van der Waals surface area contributed by atoms with Gasteiger partial charge in [0.15, 0.2) is 5.16 Å². The van der Waals surface area contributed by atoms with Gasteiger partial charge in [-0.15, -0.1) is 0 Å². The van der Waals surface area contributed by atoms with Gasteiger partial charge in [-0.1, -0.05) is 18.2 Å². The Morgan fingerprint density at radius 2 is 2.14 bits per heavy atom. The van der Waals surface area contributed by atoms with Crippen LogP contribution >= 0.6 is 11.8 Å². The number of carbonyl (C=O) groups excluding carboxylic acids is 1. The number of aromatic nitrogens is 2. The number of nitrogens with zero attached hydrogens (tertiary/aromatic N) is 2. The SMILES string of the molecule is COC(=O)C1(N)CCCC1CCSc1nc(C)cc(C)n1. The summed E-state index contributed by atoms with van der Waals surface area (Å²) in [4.78, 5) is 20.7. The Hall–Kier alpha value is -1.14. The van der Waals surface area contributed by atoms with E-state index in [0.29, 0.717) is 0 Å². The molecule has 0 spiro atoms. The minimum Gasteiger partial charge on any atom is -0.468 e. The smallest absolute Gasteiger partial charge is 0.326 e. The Balaban J connectivity index is 1.92. The molecule has 1 aromatic rings. The summed E-state index contributed by atoms with van der Waals surface area (Å²) < 4.78 is 4.87. The van der Waals surface area contributed by atoms with Crippen LogP contribution in [0.4, 0.5) is 0 Å². The van der Waals surface area contributed by atoms with Crippen molar-refractivity contribution in [3.8, 4) is 0 Å². The lowest BCUT2D eigenvalue weighted by molar-refractivity contribution is -0.148. The first kappa shape index (κ1) is 16.2. The second-order valence-corrected chi connectivity index (χ2v) is 6.75. The zero-order valence-electron chi connectivity index (χ0n) is 12.9. The van der Waals surface area contributed by atoms with Crippen LogP contribution in [0.1, 0.15) is 37.1 Å². The Bertz CT molecular complexity index is 503. The molecular formula is C15H23N3O2S. The molecule has 0 saturated heterocycles. The highest BCUT2D eigenvalue weighted by Gasteiger charge is 2.46. The van der Waals surface area contributed by atoms with Crippen LogP contribution in [0.25, 0.3) is 0 Å². The molecule has 116 valence electrons. The lowest BCUT2D eigenvalue weighted by Crippen LogP contribution is -2.51. The molecule has 1 fully saturated rings. The van der Waals surface area contributed by atoms with Crippen molar-refractivity contribution < 1.29 is 9.53 Å². The molecule has 1 saturated carbocycles. The molecule has 1 heterocycles. The number of hydrogen-bond acceptors (Lipinski definition) is 6. The summed E-state index contributed by atoms with van der Waals surface area (Å²) in [6.07, 6.45) is 3.57. The first-order valence-corrected chi connectivity index (χ1v) is 8.26. The van der Waals surface area contributed by atoms with Crippen molar-refractivity contribution in [2.24, 2.45) is 11.7 Å². The second kappa shape index (κ2) is 6.75. The van der Waals surface area contributed by atoms with Crippen LogP contribution in [-0.4, -0.2) is 34.3 Å². The molecule has 1 aliphatic rings.